The second kappa shape index (κ2) is 8.63. The van der Waals surface area contributed by atoms with Gasteiger partial charge in [0.15, 0.2) is 0 Å². The number of carbonyl (C=O) groups excluding carboxylic acids is 1. The third-order valence-electron chi connectivity index (χ3n) is 4.31. The van der Waals surface area contributed by atoms with Crippen molar-refractivity contribution in [2.24, 2.45) is 0 Å². The molecule has 29 heavy (non-hydrogen) atoms. The molecule has 0 spiro atoms. The zero-order valence-corrected chi connectivity index (χ0v) is 18.0. The number of nitrogens with one attached hydrogen (secondary N) is 2. The lowest BCUT2D eigenvalue weighted by Crippen LogP contribution is -2.16. The molecule has 1 aromatic heterocycles. The summed E-state index contributed by atoms with van der Waals surface area (Å²) in [6.07, 6.45) is 3.14. The van der Waals surface area contributed by atoms with Gasteiger partial charge in [0.05, 0.1) is 10.6 Å². The minimum Gasteiger partial charge on any atom is -0.322 e. The quantitative estimate of drug-likeness (QED) is 0.537. The van der Waals surface area contributed by atoms with Crippen molar-refractivity contribution in [2.45, 2.75) is 25.7 Å². The standard InChI is InChI=1S/C22H22N2O3S2/c1-15-6-10-20(17(3)13-15)24-29(26,27)21-14-18(8-7-16(21)2)23-22(25)11-9-19-5-4-12-28-19/h4-14,24H,1-3H3,(H,23,25). The van der Waals surface area contributed by atoms with Gasteiger partial charge in [-0.15, -0.1) is 11.3 Å². The predicted octanol–water partition coefficient (Wildman–Crippen LogP) is 5.13. The third kappa shape index (κ3) is 5.34. The number of sulfonamides is 1. The van der Waals surface area contributed by atoms with Gasteiger partial charge < -0.3 is 5.32 Å². The average molecular weight is 427 g/mol. The Labute approximate surface area is 175 Å². The molecule has 1 amide bonds. The van der Waals surface area contributed by atoms with Crippen LogP contribution >= 0.6 is 11.3 Å². The summed E-state index contributed by atoms with van der Waals surface area (Å²) >= 11 is 1.53. The molecular weight excluding hydrogens is 404 g/mol. The zero-order chi connectivity index (χ0) is 21.0. The fraction of sp³-hybridized carbons (Fsp3) is 0.136. The van der Waals surface area contributed by atoms with Crippen molar-refractivity contribution in [3.8, 4) is 0 Å². The summed E-state index contributed by atoms with van der Waals surface area (Å²) in [5, 5.41) is 4.64. The smallest absolute Gasteiger partial charge is 0.262 e. The Bertz CT molecular complexity index is 1160. The van der Waals surface area contributed by atoms with Gasteiger partial charge in [0.1, 0.15) is 0 Å². The van der Waals surface area contributed by atoms with E-state index in [1.54, 1.807) is 31.2 Å². The SMILES string of the molecule is Cc1ccc(NS(=O)(=O)c2cc(NC(=O)C=Cc3cccs3)ccc2C)c(C)c1. The molecule has 0 radical (unpaired) electrons. The molecule has 0 aliphatic carbocycles. The minimum atomic E-state index is -3.80. The van der Waals surface area contributed by atoms with Crippen LogP contribution in [0.4, 0.5) is 11.4 Å². The molecule has 0 saturated carbocycles. The predicted molar refractivity (Wildman–Crippen MR) is 120 cm³/mol. The molecule has 5 nitrogen and oxygen atoms in total. The zero-order valence-electron chi connectivity index (χ0n) is 16.4. The highest BCUT2D eigenvalue weighted by Gasteiger charge is 2.19. The Balaban J connectivity index is 1.81. The summed E-state index contributed by atoms with van der Waals surface area (Å²) < 4.78 is 28.5. The van der Waals surface area contributed by atoms with E-state index in [-0.39, 0.29) is 10.8 Å². The van der Waals surface area contributed by atoms with Crippen molar-refractivity contribution in [1.29, 1.82) is 0 Å². The first-order valence-electron chi connectivity index (χ1n) is 8.98. The number of benzene rings is 2. The number of hydrogen-bond donors (Lipinski definition) is 2. The monoisotopic (exact) mass is 426 g/mol. The molecule has 0 saturated heterocycles. The molecule has 3 aromatic rings. The van der Waals surface area contributed by atoms with E-state index in [4.69, 9.17) is 0 Å². The van der Waals surface area contributed by atoms with Crippen LogP contribution in [0.3, 0.4) is 0 Å². The fourth-order valence-corrected chi connectivity index (χ4v) is 4.84. The molecule has 0 aliphatic heterocycles. The van der Waals surface area contributed by atoms with Crippen molar-refractivity contribution in [3.63, 3.8) is 0 Å². The molecule has 0 bridgehead atoms. The van der Waals surface area contributed by atoms with E-state index in [0.717, 1.165) is 16.0 Å². The molecular formula is C22H22N2O3S2. The summed E-state index contributed by atoms with van der Waals surface area (Å²) in [5.41, 5.74) is 3.44. The van der Waals surface area contributed by atoms with E-state index in [9.17, 15) is 13.2 Å². The summed E-state index contributed by atoms with van der Waals surface area (Å²) in [6.45, 7) is 5.53. The van der Waals surface area contributed by atoms with Gasteiger partial charge in [-0.3, -0.25) is 9.52 Å². The molecule has 1 heterocycles. The van der Waals surface area contributed by atoms with Crippen molar-refractivity contribution in [1.82, 2.24) is 0 Å². The van der Waals surface area contributed by atoms with Crippen LogP contribution in [0.5, 0.6) is 0 Å². The van der Waals surface area contributed by atoms with E-state index in [1.165, 1.54) is 23.5 Å². The second-order valence-corrected chi connectivity index (χ2v) is 9.37. The fourth-order valence-electron chi connectivity index (χ4n) is 2.82. The number of thiophene rings is 1. The van der Waals surface area contributed by atoms with Crippen LogP contribution in [0, 0.1) is 20.8 Å². The van der Waals surface area contributed by atoms with Crippen LogP contribution in [0.1, 0.15) is 21.6 Å². The van der Waals surface area contributed by atoms with E-state index in [1.807, 2.05) is 43.5 Å². The first-order chi connectivity index (χ1) is 13.7. The maximum atomic E-state index is 12.9. The molecule has 0 aliphatic rings. The van der Waals surface area contributed by atoms with Crippen LogP contribution < -0.4 is 10.0 Å². The lowest BCUT2D eigenvalue weighted by Gasteiger charge is -2.14. The number of hydrogen-bond acceptors (Lipinski definition) is 4. The van der Waals surface area contributed by atoms with Gasteiger partial charge in [-0.25, -0.2) is 8.42 Å². The van der Waals surface area contributed by atoms with Crippen LogP contribution in [0.15, 0.2) is 64.9 Å². The maximum absolute atomic E-state index is 12.9. The lowest BCUT2D eigenvalue weighted by atomic mass is 10.1. The van der Waals surface area contributed by atoms with E-state index in [0.29, 0.717) is 16.9 Å². The normalized spacial score (nSPS) is 11.6. The van der Waals surface area contributed by atoms with E-state index in [2.05, 4.69) is 10.0 Å². The van der Waals surface area contributed by atoms with Crippen LogP contribution in [-0.4, -0.2) is 14.3 Å². The number of anilines is 2. The molecule has 2 N–H and O–H groups in total. The Morgan fingerprint density at radius 2 is 1.79 bits per heavy atom. The summed E-state index contributed by atoms with van der Waals surface area (Å²) in [5.74, 6) is -0.326. The molecule has 0 unspecified atom stereocenters. The van der Waals surface area contributed by atoms with E-state index < -0.39 is 10.0 Å². The van der Waals surface area contributed by atoms with Crippen molar-refractivity contribution in [2.75, 3.05) is 10.0 Å². The van der Waals surface area contributed by atoms with Crippen LogP contribution in [0.2, 0.25) is 0 Å². The summed E-state index contributed by atoms with van der Waals surface area (Å²) in [6, 6.07) is 14.2. The Morgan fingerprint density at radius 3 is 2.48 bits per heavy atom. The molecule has 0 atom stereocenters. The molecule has 3 rings (SSSR count). The van der Waals surface area contributed by atoms with Crippen molar-refractivity contribution < 1.29 is 13.2 Å². The second-order valence-electron chi connectivity index (χ2n) is 6.74. The Kier molecular flexibility index (Phi) is 6.20. The molecule has 0 fully saturated rings. The highest BCUT2D eigenvalue weighted by atomic mass is 32.2. The average Bonchev–Trinajstić information content (AvgIpc) is 3.17. The van der Waals surface area contributed by atoms with Gasteiger partial charge in [-0.05, 0) is 67.6 Å². The lowest BCUT2D eigenvalue weighted by molar-refractivity contribution is -0.111. The Hall–Kier alpha value is -2.90. The third-order valence-corrected chi connectivity index (χ3v) is 6.66. The topological polar surface area (TPSA) is 75.3 Å². The highest BCUT2D eigenvalue weighted by molar-refractivity contribution is 7.92. The van der Waals surface area contributed by atoms with Gasteiger partial charge in [0, 0.05) is 16.6 Å². The number of carbonyl (C=O) groups is 1. The molecule has 7 heteroatoms. The number of amides is 1. The maximum Gasteiger partial charge on any atom is 0.262 e. The number of aryl methyl sites for hydroxylation is 3. The van der Waals surface area contributed by atoms with Gasteiger partial charge in [-0.2, -0.15) is 0 Å². The Morgan fingerprint density at radius 1 is 1.00 bits per heavy atom. The molecule has 150 valence electrons. The largest absolute Gasteiger partial charge is 0.322 e. The summed E-state index contributed by atoms with van der Waals surface area (Å²) in [4.78, 5) is 13.2. The molecule has 2 aromatic carbocycles. The van der Waals surface area contributed by atoms with Gasteiger partial charge >= 0.3 is 0 Å². The van der Waals surface area contributed by atoms with Crippen LogP contribution in [0.25, 0.3) is 6.08 Å². The van der Waals surface area contributed by atoms with E-state index >= 15 is 0 Å². The van der Waals surface area contributed by atoms with Crippen LogP contribution in [-0.2, 0) is 14.8 Å². The van der Waals surface area contributed by atoms with Gasteiger partial charge in [-0.1, -0.05) is 29.8 Å². The first kappa shape index (κ1) is 20.8. The van der Waals surface area contributed by atoms with Crippen molar-refractivity contribution >= 4 is 44.7 Å². The van der Waals surface area contributed by atoms with Gasteiger partial charge in [0.25, 0.3) is 10.0 Å². The van der Waals surface area contributed by atoms with Crippen molar-refractivity contribution in [3.05, 3.63) is 81.6 Å². The van der Waals surface area contributed by atoms with Gasteiger partial charge in [0.2, 0.25) is 5.91 Å². The highest BCUT2D eigenvalue weighted by Crippen LogP contribution is 2.25. The minimum absolute atomic E-state index is 0.123. The summed E-state index contributed by atoms with van der Waals surface area (Å²) in [7, 11) is -3.80. The first-order valence-corrected chi connectivity index (χ1v) is 11.3. The number of rotatable bonds is 6.